The van der Waals surface area contributed by atoms with Crippen LogP contribution in [-0.2, 0) is 9.59 Å². The van der Waals surface area contributed by atoms with E-state index in [1.54, 1.807) is 0 Å². The first-order valence-electron chi connectivity index (χ1n) is 9.30. The Balaban J connectivity index is 1.79. The molecule has 154 valence electrons. The van der Waals surface area contributed by atoms with Crippen molar-refractivity contribution in [2.75, 3.05) is 57.7 Å². The summed E-state index contributed by atoms with van der Waals surface area (Å²) in [7, 11) is 0. The fourth-order valence-electron chi connectivity index (χ4n) is 3.08. The number of piperazine rings is 1. The van der Waals surface area contributed by atoms with Crippen LogP contribution in [0.25, 0.3) is 0 Å². The Morgan fingerprint density at radius 1 is 1.14 bits per heavy atom. The lowest BCUT2D eigenvalue weighted by Gasteiger charge is -2.34. The van der Waals surface area contributed by atoms with E-state index in [4.69, 9.17) is 11.6 Å². The molecule has 28 heavy (non-hydrogen) atoms. The highest BCUT2D eigenvalue weighted by Gasteiger charge is 2.22. The van der Waals surface area contributed by atoms with Gasteiger partial charge in [0.15, 0.2) is 0 Å². The second-order valence-electron chi connectivity index (χ2n) is 6.59. The number of carbonyl (C=O) groups excluding carboxylic acids is 2. The zero-order valence-electron chi connectivity index (χ0n) is 16.2. The van der Waals surface area contributed by atoms with Crippen LogP contribution in [0.5, 0.6) is 0 Å². The average Bonchev–Trinajstić information content (AvgIpc) is 2.65. The van der Waals surface area contributed by atoms with E-state index in [0.717, 1.165) is 13.1 Å². The molecule has 1 aliphatic rings. The number of halogens is 1. The quantitative estimate of drug-likeness (QED) is 0.516. The van der Waals surface area contributed by atoms with E-state index in [1.807, 2.05) is 23.6 Å². The zero-order valence-corrected chi connectivity index (χ0v) is 16.9. The summed E-state index contributed by atoms with van der Waals surface area (Å²) in [6.45, 7) is 8.77. The molecule has 0 atom stereocenters. The number of anilines is 1. The second-order valence-corrected chi connectivity index (χ2v) is 6.99. The van der Waals surface area contributed by atoms with Gasteiger partial charge in [-0.25, -0.2) is 0 Å². The van der Waals surface area contributed by atoms with E-state index in [1.165, 1.54) is 18.2 Å². The van der Waals surface area contributed by atoms with Crippen molar-refractivity contribution in [3.8, 4) is 0 Å². The summed E-state index contributed by atoms with van der Waals surface area (Å²) in [5, 5.41) is 13.6. The van der Waals surface area contributed by atoms with Gasteiger partial charge in [-0.15, -0.1) is 0 Å². The molecule has 2 amide bonds. The Morgan fingerprint density at radius 2 is 1.71 bits per heavy atom. The number of hydrogen-bond acceptors (Lipinski definition) is 6. The van der Waals surface area contributed by atoms with Gasteiger partial charge in [0.05, 0.1) is 28.7 Å². The molecule has 0 aromatic heterocycles. The summed E-state index contributed by atoms with van der Waals surface area (Å²) in [5.74, 6) is -0.104. The fourth-order valence-corrected chi connectivity index (χ4v) is 3.31. The lowest BCUT2D eigenvalue weighted by molar-refractivity contribution is -0.384. The minimum absolute atomic E-state index is 0.127. The van der Waals surface area contributed by atoms with Crippen molar-refractivity contribution in [1.82, 2.24) is 14.7 Å². The Kier molecular flexibility index (Phi) is 8.16. The molecule has 1 aromatic carbocycles. The van der Waals surface area contributed by atoms with E-state index in [-0.39, 0.29) is 29.1 Å². The topological polar surface area (TPSA) is 99.0 Å². The third-order valence-electron chi connectivity index (χ3n) is 4.74. The first kappa shape index (κ1) is 22.1. The van der Waals surface area contributed by atoms with Gasteiger partial charge in [-0.3, -0.25) is 29.5 Å². The van der Waals surface area contributed by atoms with Crippen molar-refractivity contribution < 1.29 is 14.5 Å². The molecule has 1 saturated heterocycles. The van der Waals surface area contributed by atoms with Crippen molar-refractivity contribution in [2.24, 2.45) is 0 Å². The number of nitrogens with zero attached hydrogens (tertiary/aromatic N) is 4. The van der Waals surface area contributed by atoms with E-state index in [9.17, 15) is 19.7 Å². The molecule has 0 radical (unpaired) electrons. The maximum Gasteiger partial charge on any atom is 0.271 e. The monoisotopic (exact) mass is 411 g/mol. The standard InChI is InChI=1S/C18H26ClN5O4/c1-3-23(4-2)18(26)13-22-9-7-21(8-10-22)12-17(25)20-16-6-5-14(24(27)28)11-15(16)19/h5-6,11H,3-4,7-10,12-13H2,1-2H3,(H,20,25). The minimum Gasteiger partial charge on any atom is -0.342 e. The van der Waals surface area contributed by atoms with Crippen molar-refractivity contribution in [2.45, 2.75) is 13.8 Å². The van der Waals surface area contributed by atoms with Gasteiger partial charge in [-0.1, -0.05) is 11.6 Å². The Morgan fingerprint density at radius 3 is 2.21 bits per heavy atom. The number of benzene rings is 1. The van der Waals surface area contributed by atoms with Crippen molar-refractivity contribution >= 4 is 34.8 Å². The lowest BCUT2D eigenvalue weighted by Crippen LogP contribution is -2.51. The molecule has 0 spiro atoms. The predicted octanol–water partition coefficient (Wildman–Crippen LogP) is 1.67. The lowest BCUT2D eigenvalue weighted by atomic mass is 10.2. The van der Waals surface area contributed by atoms with Gasteiger partial charge in [0, 0.05) is 51.4 Å². The third-order valence-corrected chi connectivity index (χ3v) is 5.06. The fraction of sp³-hybridized carbons (Fsp3) is 0.556. The first-order chi connectivity index (χ1) is 13.3. The van der Waals surface area contributed by atoms with Gasteiger partial charge in [0.2, 0.25) is 11.8 Å². The van der Waals surface area contributed by atoms with Crippen molar-refractivity contribution in [3.63, 3.8) is 0 Å². The number of likely N-dealkylation sites (N-methyl/N-ethyl adjacent to an activating group) is 1. The average molecular weight is 412 g/mol. The number of rotatable bonds is 8. The van der Waals surface area contributed by atoms with Crippen LogP contribution in [0.1, 0.15) is 13.8 Å². The van der Waals surface area contributed by atoms with Gasteiger partial charge in [0.1, 0.15) is 0 Å². The van der Waals surface area contributed by atoms with Crippen LogP contribution in [0.2, 0.25) is 5.02 Å². The minimum atomic E-state index is -0.540. The summed E-state index contributed by atoms with van der Waals surface area (Å²) in [6.07, 6.45) is 0. The van der Waals surface area contributed by atoms with Gasteiger partial charge in [-0.2, -0.15) is 0 Å². The molecule has 0 bridgehead atoms. The molecule has 10 heteroatoms. The molecule has 1 aliphatic heterocycles. The van der Waals surface area contributed by atoms with Gasteiger partial charge in [0.25, 0.3) is 5.69 Å². The number of nitro benzene ring substituents is 1. The van der Waals surface area contributed by atoms with E-state index < -0.39 is 4.92 Å². The molecule has 2 rings (SSSR count). The Labute approximate surface area is 169 Å². The Hall–Kier alpha value is -2.23. The molecule has 0 aliphatic carbocycles. The molecule has 1 aromatic rings. The predicted molar refractivity (Wildman–Crippen MR) is 108 cm³/mol. The summed E-state index contributed by atoms with van der Waals surface area (Å²) < 4.78 is 0. The van der Waals surface area contributed by atoms with Crippen LogP contribution in [0.15, 0.2) is 18.2 Å². The van der Waals surface area contributed by atoms with Crippen LogP contribution in [0.4, 0.5) is 11.4 Å². The summed E-state index contributed by atoms with van der Waals surface area (Å²) in [4.78, 5) is 40.6. The third kappa shape index (κ3) is 6.15. The number of hydrogen-bond donors (Lipinski definition) is 1. The molecule has 1 heterocycles. The maximum absolute atomic E-state index is 12.3. The number of nitrogens with one attached hydrogen (secondary N) is 1. The van der Waals surface area contributed by atoms with Gasteiger partial charge < -0.3 is 10.2 Å². The zero-order chi connectivity index (χ0) is 20.7. The molecule has 0 unspecified atom stereocenters. The van der Waals surface area contributed by atoms with Crippen molar-refractivity contribution in [1.29, 1.82) is 0 Å². The largest absolute Gasteiger partial charge is 0.342 e. The number of amides is 2. The molecular weight excluding hydrogens is 386 g/mol. The number of nitro groups is 1. The van der Waals surface area contributed by atoms with Crippen LogP contribution in [0, 0.1) is 10.1 Å². The highest BCUT2D eigenvalue weighted by molar-refractivity contribution is 6.34. The molecular formula is C18H26ClN5O4. The van der Waals surface area contributed by atoms with Gasteiger partial charge >= 0.3 is 0 Å². The highest BCUT2D eigenvalue weighted by Crippen LogP contribution is 2.26. The summed E-state index contributed by atoms with van der Waals surface area (Å²) >= 11 is 6.00. The normalized spacial score (nSPS) is 15.2. The smallest absolute Gasteiger partial charge is 0.271 e. The summed E-state index contributed by atoms with van der Waals surface area (Å²) in [5.41, 5.74) is 0.221. The molecule has 1 fully saturated rings. The first-order valence-corrected chi connectivity index (χ1v) is 9.68. The van der Waals surface area contributed by atoms with E-state index >= 15 is 0 Å². The van der Waals surface area contributed by atoms with Crippen LogP contribution in [0.3, 0.4) is 0 Å². The maximum atomic E-state index is 12.3. The molecule has 9 nitrogen and oxygen atoms in total. The van der Waals surface area contributed by atoms with Crippen LogP contribution < -0.4 is 5.32 Å². The molecule has 0 saturated carbocycles. The number of carbonyl (C=O) groups is 2. The van der Waals surface area contributed by atoms with Crippen LogP contribution >= 0.6 is 11.6 Å². The SMILES string of the molecule is CCN(CC)C(=O)CN1CCN(CC(=O)Nc2ccc([N+](=O)[O-])cc2Cl)CC1. The van der Waals surface area contributed by atoms with Crippen molar-refractivity contribution in [3.05, 3.63) is 33.3 Å². The van der Waals surface area contributed by atoms with Crippen LogP contribution in [-0.4, -0.2) is 83.8 Å². The van der Waals surface area contributed by atoms with E-state index in [0.29, 0.717) is 38.4 Å². The highest BCUT2D eigenvalue weighted by atomic mass is 35.5. The second kappa shape index (κ2) is 10.4. The number of non-ortho nitro benzene ring substituents is 1. The van der Waals surface area contributed by atoms with Gasteiger partial charge in [-0.05, 0) is 19.9 Å². The molecule has 1 N–H and O–H groups in total. The Bertz CT molecular complexity index is 718. The van der Waals surface area contributed by atoms with E-state index in [2.05, 4.69) is 10.2 Å². The summed E-state index contributed by atoms with van der Waals surface area (Å²) in [6, 6.07) is 3.94.